The zero-order valence-electron chi connectivity index (χ0n) is 13.5. The highest BCUT2D eigenvalue weighted by molar-refractivity contribution is 7.89. The molecule has 1 N–H and O–H groups in total. The Hall–Kier alpha value is -2.25. The summed E-state index contributed by atoms with van der Waals surface area (Å²) in [6.45, 7) is 2.22. The number of methoxy groups -OCH3 is 1. The maximum atomic E-state index is 12.4. The van der Waals surface area contributed by atoms with Crippen LogP contribution in [0.1, 0.15) is 5.56 Å². The van der Waals surface area contributed by atoms with Crippen molar-refractivity contribution in [1.82, 2.24) is 4.72 Å². The Balaban J connectivity index is 1.67. The number of hydrogen-bond donors (Lipinski definition) is 1. The molecule has 7 heteroatoms. The van der Waals surface area contributed by atoms with Crippen LogP contribution >= 0.6 is 0 Å². The van der Waals surface area contributed by atoms with Crippen LogP contribution in [0.5, 0.6) is 17.2 Å². The molecule has 0 bridgehead atoms. The molecule has 0 amide bonds. The van der Waals surface area contributed by atoms with E-state index in [9.17, 15) is 8.42 Å². The van der Waals surface area contributed by atoms with Crippen LogP contribution in [0.15, 0.2) is 47.4 Å². The van der Waals surface area contributed by atoms with Gasteiger partial charge in [0.15, 0.2) is 11.5 Å². The van der Waals surface area contributed by atoms with E-state index in [-0.39, 0.29) is 17.5 Å². The number of benzene rings is 2. The first-order valence-corrected chi connectivity index (χ1v) is 9.01. The van der Waals surface area contributed by atoms with Gasteiger partial charge in [0, 0.05) is 0 Å². The van der Waals surface area contributed by atoms with Crippen molar-refractivity contribution in [2.24, 2.45) is 0 Å². The quantitative estimate of drug-likeness (QED) is 0.895. The van der Waals surface area contributed by atoms with Gasteiger partial charge in [0.2, 0.25) is 10.0 Å². The maximum Gasteiger partial charge on any atom is 0.240 e. The third-order valence-electron chi connectivity index (χ3n) is 3.75. The molecule has 0 saturated carbocycles. The van der Waals surface area contributed by atoms with Gasteiger partial charge in [0.25, 0.3) is 0 Å². The number of ether oxygens (including phenoxy) is 3. The summed E-state index contributed by atoms with van der Waals surface area (Å²) < 4.78 is 43.9. The molecule has 1 aliphatic heterocycles. The number of sulfonamides is 1. The fourth-order valence-electron chi connectivity index (χ4n) is 2.47. The van der Waals surface area contributed by atoms with Gasteiger partial charge in [-0.25, -0.2) is 13.1 Å². The van der Waals surface area contributed by atoms with Crippen LogP contribution in [-0.2, 0) is 10.0 Å². The lowest BCUT2D eigenvalue weighted by atomic mass is 10.2. The van der Waals surface area contributed by atoms with Crippen molar-refractivity contribution < 1.29 is 22.6 Å². The van der Waals surface area contributed by atoms with Crippen LogP contribution in [0.2, 0.25) is 0 Å². The molecule has 2 aromatic carbocycles. The molecule has 24 heavy (non-hydrogen) atoms. The summed E-state index contributed by atoms with van der Waals surface area (Å²) in [7, 11) is -2.08. The number of rotatable bonds is 5. The highest BCUT2D eigenvalue weighted by atomic mass is 32.2. The number of nitrogens with one attached hydrogen (secondary N) is 1. The van der Waals surface area contributed by atoms with E-state index in [4.69, 9.17) is 14.2 Å². The zero-order chi connectivity index (χ0) is 17.2. The molecule has 0 aromatic heterocycles. The summed E-state index contributed by atoms with van der Waals surface area (Å²) in [5.74, 6) is 1.94. The Morgan fingerprint density at radius 1 is 1.21 bits per heavy atom. The molecule has 1 unspecified atom stereocenters. The highest BCUT2D eigenvalue weighted by Crippen LogP contribution is 2.30. The lowest BCUT2D eigenvalue weighted by Crippen LogP contribution is -2.40. The summed E-state index contributed by atoms with van der Waals surface area (Å²) in [6, 6.07) is 12.0. The molecule has 0 radical (unpaired) electrons. The van der Waals surface area contributed by atoms with Gasteiger partial charge in [-0.1, -0.05) is 12.1 Å². The van der Waals surface area contributed by atoms with E-state index in [0.717, 1.165) is 5.56 Å². The minimum absolute atomic E-state index is 0.127. The van der Waals surface area contributed by atoms with E-state index in [1.165, 1.54) is 6.07 Å². The van der Waals surface area contributed by atoms with E-state index in [1.807, 2.05) is 18.2 Å². The van der Waals surface area contributed by atoms with Gasteiger partial charge in [0.1, 0.15) is 18.5 Å². The average molecular weight is 349 g/mol. The molecule has 0 spiro atoms. The third-order valence-corrected chi connectivity index (χ3v) is 5.17. The average Bonchev–Trinajstić information content (AvgIpc) is 2.60. The highest BCUT2D eigenvalue weighted by Gasteiger charge is 2.23. The number of para-hydroxylation sites is 2. The first-order valence-electron chi connectivity index (χ1n) is 7.52. The second-order valence-electron chi connectivity index (χ2n) is 5.48. The van der Waals surface area contributed by atoms with Gasteiger partial charge >= 0.3 is 0 Å². The van der Waals surface area contributed by atoms with E-state index in [1.54, 1.807) is 32.2 Å². The first kappa shape index (κ1) is 16.6. The van der Waals surface area contributed by atoms with Crippen molar-refractivity contribution in [2.75, 3.05) is 20.3 Å². The van der Waals surface area contributed by atoms with Crippen LogP contribution in [0.3, 0.4) is 0 Å². The van der Waals surface area contributed by atoms with Crippen LogP contribution in [0.25, 0.3) is 0 Å². The van der Waals surface area contributed by atoms with Crippen molar-refractivity contribution in [2.45, 2.75) is 17.9 Å². The summed E-state index contributed by atoms with van der Waals surface area (Å²) in [5, 5.41) is 0. The largest absolute Gasteiger partial charge is 0.496 e. The van der Waals surface area contributed by atoms with Crippen molar-refractivity contribution in [3.8, 4) is 17.2 Å². The second kappa shape index (κ2) is 6.70. The van der Waals surface area contributed by atoms with Gasteiger partial charge in [0.05, 0.1) is 18.6 Å². The molecule has 1 heterocycles. The van der Waals surface area contributed by atoms with Crippen molar-refractivity contribution >= 4 is 10.0 Å². The fraction of sp³-hybridized carbons (Fsp3) is 0.294. The van der Waals surface area contributed by atoms with Crippen LogP contribution in [0.4, 0.5) is 0 Å². The van der Waals surface area contributed by atoms with Gasteiger partial charge in [-0.3, -0.25) is 0 Å². The molecule has 1 atom stereocenters. The van der Waals surface area contributed by atoms with Crippen molar-refractivity contribution in [3.63, 3.8) is 0 Å². The Morgan fingerprint density at radius 2 is 1.96 bits per heavy atom. The minimum atomic E-state index is -3.63. The molecule has 0 saturated heterocycles. The summed E-state index contributed by atoms with van der Waals surface area (Å²) in [6.07, 6.45) is -0.381. The van der Waals surface area contributed by atoms with Gasteiger partial charge in [-0.05, 0) is 42.8 Å². The summed E-state index contributed by atoms with van der Waals surface area (Å²) in [5.41, 5.74) is 0.756. The Bertz CT molecular complexity index is 835. The first-order chi connectivity index (χ1) is 11.5. The van der Waals surface area contributed by atoms with Crippen molar-refractivity contribution in [3.05, 3.63) is 48.0 Å². The molecule has 128 valence electrons. The van der Waals surface area contributed by atoms with Crippen LogP contribution in [-0.4, -0.2) is 34.8 Å². The minimum Gasteiger partial charge on any atom is -0.496 e. The van der Waals surface area contributed by atoms with E-state index in [0.29, 0.717) is 23.9 Å². The van der Waals surface area contributed by atoms with Crippen LogP contribution < -0.4 is 18.9 Å². The second-order valence-corrected chi connectivity index (χ2v) is 7.25. The Labute approximate surface area is 141 Å². The molecule has 1 aliphatic rings. The number of hydrogen-bond acceptors (Lipinski definition) is 5. The van der Waals surface area contributed by atoms with Gasteiger partial charge in [-0.2, -0.15) is 0 Å². The lowest BCUT2D eigenvalue weighted by Gasteiger charge is -2.26. The van der Waals surface area contributed by atoms with Gasteiger partial charge in [-0.15, -0.1) is 0 Å². The molecule has 6 nitrogen and oxygen atoms in total. The molecule has 3 rings (SSSR count). The standard InChI is InChI=1S/C17H19NO5S/c1-12-9-14(7-8-15(12)21-2)24(19,20)18-10-13-11-22-16-5-3-4-6-17(16)23-13/h3-9,13,18H,10-11H2,1-2H3. The van der Waals surface area contributed by atoms with E-state index < -0.39 is 10.0 Å². The Kier molecular flexibility index (Phi) is 4.64. The summed E-state index contributed by atoms with van der Waals surface area (Å²) >= 11 is 0. The number of aryl methyl sites for hydroxylation is 1. The smallest absolute Gasteiger partial charge is 0.240 e. The Morgan fingerprint density at radius 3 is 2.67 bits per heavy atom. The molecule has 2 aromatic rings. The summed E-state index contributed by atoms with van der Waals surface area (Å²) in [4.78, 5) is 0.193. The van der Waals surface area contributed by atoms with Crippen molar-refractivity contribution in [1.29, 1.82) is 0 Å². The SMILES string of the molecule is COc1ccc(S(=O)(=O)NCC2COc3ccccc3O2)cc1C. The number of fused-ring (bicyclic) bond motifs is 1. The molecule has 0 aliphatic carbocycles. The monoisotopic (exact) mass is 349 g/mol. The maximum absolute atomic E-state index is 12.4. The normalized spacial score (nSPS) is 16.7. The van der Waals surface area contributed by atoms with Gasteiger partial charge < -0.3 is 14.2 Å². The molecule has 0 fully saturated rings. The topological polar surface area (TPSA) is 73.9 Å². The molecular weight excluding hydrogens is 330 g/mol. The van der Waals surface area contributed by atoms with E-state index >= 15 is 0 Å². The lowest BCUT2D eigenvalue weighted by molar-refractivity contribution is 0.0943. The predicted molar refractivity (Wildman–Crippen MR) is 89.3 cm³/mol. The zero-order valence-corrected chi connectivity index (χ0v) is 14.3. The van der Waals surface area contributed by atoms with E-state index in [2.05, 4.69) is 4.72 Å². The third kappa shape index (κ3) is 3.47. The fourth-order valence-corrected chi connectivity index (χ4v) is 3.62. The predicted octanol–water partition coefficient (Wildman–Crippen LogP) is 2.12. The molecular formula is C17H19NO5S. The van der Waals surface area contributed by atoms with Crippen LogP contribution in [0, 0.1) is 6.92 Å².